The van der Waals surface area contributed by atoms with Crippen molar-refractivity contribution in [1.82, 2.24) is 4.57 Å². The third-order valence-corrected chi connectivity index (χ3v) is 4.84. The van der Waals surface area contributed by atoms with Crippen LogP contribution in [0.2, 0.25) is 0 Å². The zero-order valence-corrected chi connectivity index (χ0v) is 16.1. The SMILES string of the molecule is COc1cc(-c2c(O)ccn([C@@H]3O[C@H](CO)[C@@H](O)[C@H]3O)c2=O)cc(OC)c1OC. The lowest BCUT2D eigenvalue weighted by Gasteiger charge is -2.20. The Hall–Kier alpha value is -2.79. The third-order valence-electron chi connectivity index (χ3n) is 4.84. The number of ether oxygens (including phenoxy) is 4. The third kappa shape index (κ3) is 3.51. The van der Waals surface area contributed by atoms with Gasteiger partial charge in [0.25, 0.3) is 5.56 Å². The minimum Gasteiger partial charge on any atom is -0.507 e. The van der Waals surface area contributed by atoms with Gasteiger partial charge in [-0.2, -0.15) is 0 Å². The number of hydrogen-bond acceptors (Lipinski definition) is 9. The van der Waals surface area contributed by atoms with Crippen molar-refractivity contribution in [2.45, 2.75) is 24.5 Å². The maximum absolute atomic E-state index is 13.1. The van der Waals surface area contributed by atoms with Gasteiger partial charge in [0.15, 0.2) is 17.7 Å². The van der Waals surface area contributed by atoms with E-state index in [2.05, 4.69) is 0 Å². The zero-order chi connectivity index (χ0) is 21.3. The Bertz CT molecular complexity index is 917. The van der Waals surface area contributed by atoms with Gasteiger partial charge >= 0.3 is 0 Å². The molecule has 10 heteroatoms. The number of benzene rings is 1. The van der Waals surface area contributed by atoms with E-state index >= 15 is 0 Å². The molecule has 0 aliphatic carbocycles. The number of rotatable bonds is 6. The Morgan fingerprint density at radius 3 is 2.17 bits per heavy atom. The van der Waals surface area contributed by atoms with Crippen LogP contribution in [0.5, 0.6) is 23.0 Å². The maximum atomic E-state index is 13.1. The van der Waals surface area contributed by atoms with Crippen LogP contribution in [0, 0.1) is 0 Å². The molecule has 0 bridgehead atoms. The van der Waals surface area contributed by atoms with Crippen molar-refractivity contribution in [3.8, 4) is 34.1 Å². The van der Waals surface area contributed by atoms with Gasteiger partial charge in [0.1, 0.15) is 24.1 Å². The zero-order valence-electron chi connectivity index (χ0n) is 16.1. The molecule has 2 aromatic rings. The summed E-state index contributed by atoms with van der Waals surface area (Å²) in [6, 6.07) is 4.26. The van der Waals surface area contributed by atoms with E-state index in [0.29, 0.717) is 5.75 Å². The van der Waals surface area contributed by atoms with E-state index in [0.717, 1.165) is 4.57 Å². The Kier molecular flexibility index (Phi) is 5.99. The standard InChI is InChI=1S/C19H23NO9/c1-26-11-6-9(7-12(27-2)17(11)28-3)14-10(22)4-5-20(18(14)25)19-16(24)15(23)13(8-21)29-19/h4-7,13,15-16,19,21-24H,8H2,1-3H3/t13-,15-,16-,19-/m1/s1. The summed E-state index contributed by atoms with van der Waals surface area (Å²) in [5.41, 5.74) is -0.498. The van der Waals surface area contributed by atoms with Crippen LogP contribution in [-0.4, -0.2) is 71.2 Å². The molecule has 0 unspecified atom stereocenters. The smallest absolute Gasteiger partial charge is 0.264 e. The normalized spacial score (nSPS) is 23.8. The lowest BCUT2D eigenvalue weighted by molar-refractivity contribution is -0.0543. The largest absolute Gasteiger partial charge is 0.507 e. The van der Waals surface area contributed by atoms with Gasteiger partial charge in [-0.3, -0.25) is 9.36 Å². The van der Waals surface area contributed by atoms with Crippen molar-refractivity contribution in [2.24, 2.45) is 0 Å². The fourth-order valence-electron chi connectivity index (χ4n) is 3.35. The molecule has 10 nitrogen and oxygen atoms in total. The number of hydrogen-bond donors (Lipinski definition) is 4. The summed E-state index contributed by atoms with van der Waals surface area (Å²) in [5.74, 6) is 0.568. The van der Waals surface area contributed by atoms with Gasteiger partial charge in [-0.1, -0.05) is 0 Å². The second-order valence-electron chi connectivity index (χ2n) is 6.43. The average molecular weight is 409 g/mol. The van der Waals surface area contributed by atoms with Crippen LogP contribution in [0.15, 0.2) is 29.2 Å². The molecular weight excluding hydrogens is 386 g/mol. The fourth-order valence-corrected chi connectivity index (χ4v) is 3.35. The van der Waals surface area contributed by atoms with Crippen LogP contribution in [0.1, 0.15) is 6.23 Å². The first-order valence-corrected chi connectivity index (χ1v) is 8.74. The van der Waals surface area contributed by atoms with Crippen molar-refractivity contribution in [3.05, 3.63) is 34.7 Å². The van der Waals surface area contributed by atoms with Gasteiger partial charge in [-0.25, -0.2) is 0 Å². The summed E-state index contributed by atoms with van der Waals surface area (Å²) >= 11 is 0. The van der Waals surface area contributed by atoms with Crippen LogP contribution in [0.25, 0.3) is 11.1 Å². The van der Waals surface area contributed by atoms with E-state index in [-0.39, 0.29) is 28.4 Å². The lowest BCUT2D eigenvalue weighted by atomic mass is 10.0. The van der Waals surface area contributed by atoms with Crippen molar-refractivity contribution in [3.63, 3.8) is 0 Å². The highest BCUT2D eigenvalue weighted by atomic mass is 16.6. The Morgan fingerprint density at radius 1 is 1.07 bits per heavy atom. The van der Waals surface area contributed by atoms with E-state index in [1.807, 2.05) is 0 Å². The van der Waals surface area contributed by atoms with Crippen molar-refractivity contribution in [1.29, 1.82) is 0 Å². The second kappa shape index (κ2) is 8.29. The quantitative estimate of drug-likeness (QED) is 0.513. The molecule has 4 atom stereocenters. The average Bonchev–Trinajstić information content (AvgIpc) is 3.01. The van der Waals surface area contributed by atoms with Gasteiger partial charge < -0.3 is 39.4 Å². The highest BCUT2D eigenvalue weighted by Gasteiger charge is 2.44. The highest BCUT2D eigenvalue weighted by molar-refractivity contribution is 5.74. The van der Waals surface area contributed by atoms with E-state index in [1.54, 1.807) is 0 Å². The van der Waals surface area contributed by atoms with E-state index < -0.39 is 36.7 Å². The number of aliphatic hydroxyl groups excluding tert-OH is 3. The molecule has 3 rings (SSSR count). The molecule has 4 N–H and O–H groups in total. The molecule has 0 spiro atoms. The second-order valence-corrected chi connectivity index (χ2v) is 6.43. The van der Waals surface area contributed by atoms with E-state index in [9.17, 15) is 25.2 Å². The van der Waals surface area contributed by atoms with E-state index in [4.69, 9.17) is 18.9 Å². The first-order valence-electron chi connectivity index (χ1n) is 8.74. The molecule has 0 saturated carbocycles. The van der Waals surface area contributed by atoms with Crippen LogP contribution in [0.4, 0.5) is 0 Å². The Morgan fingerprint density at radius 2 is 1.69 bits per heavy atom. The van der Waals surface area contributed by atoms with Crippen LogP contribution < -0.4 is 19.8 Å². The minimum atomic E-state index is -1.44. The predicted molar refractivity (Wildman–Crippen MR) is 100 cm³/mol. The monoisotopic (exact) mass is 409 g/mol. The molecule has 1 aromatic heterocycles. The molecule has 1 aromatic carbocycles. The summed E-state index contributed by atoms with van der Waals surface area (Å²) in [4.78, 5) is 13.1. The van der Waals surface area contributed by atoms with Gasteiger partial charge in [0.05, 0.1) is 33.5 Å². The van der Waals surface area contributed by atoms with Crippen LogP contribution in [-0.2, 0) is 4.74 Å². The van der Waals surface area contributed by atoms with Gasteiger partial charge in [0, 0.05) is 6.20 Å². The summed E-state index contributed by atoms with van der Waals surface area (Å²) in [6.45, 7) is -0.526. The van der Waals surface area contributed by atoms with Crippen LogP contribution in [0.3, 0.4) is 0 Å². The molecule has 1 saturated heterocycles. The summed E-state index contributed by atoms with van der Waals surface area (Å²) < 4.78 is 22.3. The number of aromatic hydroxyl groups is 1. The first-order chi connectivity index (χ1) is 13.9. The number of aliphatic hydroxyl groups is 3. The van der Waals surface area contributed by atoms with Gasteiger partial charge in [-0.05, 0) is 23.8 Å². The number of methoxy groups -OCH3 is 3. The van der Waals surface area contributed by atoms with Gasteiger partial charge in [-0.15, -0.1) is 0 Å². The van der Waals surface area contributed by atoms with E-state index in [1.165, 1.54) is 45.7 Å². The lowest BCUT2D eigenvalue weighted by Crippen LogP contribution is -2.35. The summed E-state index contributed by atoms with van der Waals surface area (Å²) in [7, 11) is 4.28. The number of nitrogens with zero attached hydrogens (tertiary/aromatic N) is 1. The van der Waals surface area contributed by atoms with Gasteiger partial charge in [0.2, 0.25) is 5.75 Å². The molecule has 1 aliphatic rings. The highest BCUT2D eigenvalue weighted by Crippen LogP contribution is 2.42. The summed E-state index contributed by atoms with van der Waals surface area (Å²) in [6.07, 6.45) is -3.85. The topological polar surface area (TPSA) is 140 Å². The number of aromatic nitrogens is 1. The molecule has 1 aliphatic heterocycles. The van der Waals surface area contributed by atoms with Crippen molar-refractivity contribution >= 4 is 0 Å². The fraction of sp³-hybridized carbons (Fsp3) is 0.421. The van der Waals surface area contributed by atoms with Crippen molar-refractivity contribution in [2.75, 3.05) is 27.9 Å². The maximum Gasteiger partial charge on any atom is 0.264 e. The first kappa shape index (κ1) is 20.9. The Balaban J connectivity index is 2.15. The van der Waals surface area contributed by atoms with Crippen molar-refractivity contribution < 1.29 is 39.4 Å². The molecular formula is C19H23NO9. The molecule has 29 heavy (non-hydrogen) atoms. The summed E-state index contributed by atoms with van der Waals surface area (Å²) in [5, 5.41) is 39.8. The molecule has 2 heterocycles. The van der Waals surface area contributed by atoms with Crippen LogP contribution >= 0.6 is 0 Å². The molecule has 1 fully saturated rings. The molecule has 0 radical (unpaired) electrons. The minimum absolute atomic E-state index is 0.0931. The molecule has 158 valence electrons. The predicted octanol–water partition coefficient (Wildman–Crippen LogP) is -0.142. The number of pyridine rings is 1. The molecule has 0 amide bonds. The Labute approximate surface area is 166 Å².